The third kappa shape index (κ3) is 2.49. The number of benzene rings is 1. The zero-order valence-electron chi connectivity index (χ0n) is 9.20. The number of nitrogens with one attached hydrogen (secondary N) is 1. The number of pyridine rings is 1. The van der Waals surface area contributed by atoms with Gasteiger partial charge in [0.25, 0.3) is 0 Å². The zero-order chi connectivity index (χ0) is 13.1. The Kier molecular flexibility index (Phi) is 3.59. The van der Waals surface area contributed by atoms with E-state index in [4.69, 9.17) is 5.84 Å². The molecule has 0 saturated carbocycles. The maximum Gasteiger partial charge on any atom is 0.146 e. The monoisotopic (exact) mass is 253 g/mol. The number of aromatic nitrogens is 1. The van der Waals surface area contributed by atoms with E-state index in [0.717, 1.165) is 18.2 Å². The van der Waals surface area contributed by atoms with Crippen molar-refractivity contribution < 1.29 is 13.2 Å². The smallest absolute Gasteiger partial charge is 0.146 e. The van der Waals surface area contributed by atoms with Crippen LogP contribution >= 0.6 is 0 Å². The van der Waals surface area contributed by atoms with E-state index >= 15 is 0 Å². The maximum absolute atomic E-state index is 13.6. The van der Waals surface area contributed by atoms with Crippen LogP contribution in [0.3, 0.4) is 0 Å². The molecule has 1 heterocycles. The van der Waals surface area contributed by atoms with Gasteiger partial charge in [-0.05, 0) is 29.8 Å². The van der Waals surface area contributed by atoms with Crippen LogP contribution in [0.5, 0.6) is 0 Å². The number of hydrogen-bond acceptors (Lipinski definition) is 3. The van der Waals surface area contributed by atoms with Crippen LogP contribution in [-0.4, -0.2) is 4.98 Å². The molecule has 0 amide bonds. The predicted octanol–water partition coefficient (Wildman–Crippen LogP) is 2.05. The predicted molar refractivity (Wildman–Crippen MR) is 59.7 cm³/mol. The van der Waals surface area contributed by atoms with E-state index in [2.05, 4.69) is 10.4 Å². The molecular weight excluding hydrogens is 243 g/mol. The highest BCUT2D eigenvalue weighted by molar-refractivity contribution is 5.29. The highest BCUT2D eigenvalue weighted by atomic mass is 19.1. The molecule has 2 aromatic rings. The van der Waals surface area contributed by atoms with Gasteiger partial charge >= 0.3 is 0 Å². The summed E-state index contributed by atoms with van der Waals surface area (Å²) in [6.45, 7) is 0. The highest BCUT2D eigenvalue weighted by Crippen LogP contribution is 2.23. The number of nitrogens with two attached hydrogens (primary N) is 1. The average Bonchev–Trinajstić information content (AvgIpc) is 2.31. The Morgan fingerprint density at radius 2 is 1.78 bits per heavy atom. The minimum absolute atomic E-state index is 0.0231. The zero-order valence-corrected chi connectivity index (χ0v) is 9.20. The molecule has 0 aliphatic carbocycles. The van der Waals surface area contributed by atoms with Crippen LogP contribution < -0.4 is 11.3 Å². The first-order valence-electron chi connectivity index (χ1n) is 5.14. The molecule has 0 aliphatic heterocycles. The first-order valence-corrected chi connectivity index (χ1v) is 5.14. The SMILES string of the molecule is NNC(c1cc(F)cc(F)c1)c1ncccc1F. The summed E-state index contributed by atoms with van der Waals surface area (Å²) in [5.41, 5.74) is 2.43. The summed E-state index contributed by atoms with van der Waals surface area (Å²) in [5, 5.41) is 0. The molecular formula is C12H10F3N3. The van der Waals surface area contributed by atoms with Gasteiger partial charge in [0.2, 0.25) is 0 Å². The van der Waals surface area contributed by atoms with Crippen molar-refractivity contribution in [1.82, 2.24) is 10.4 Å². The van der Waals surface area contributed by atoms with Crippen molar-refractivity contribution in [2.75, 3.05) is 0 Å². The van der Waals surface area contributed by atoms with Crippen molar-refractivity contribution in [2.45, 2.75) is 6.04 Å². The Hall–Kier alpha value is -1.92. The molecule has 2 rings (SSSR count). The Morgan fingerprint density at radius 1 is 1.11 bits per heavy atom. The van der Waals surface area contributed by atoms with Crippen molar-refractivity contribution in [2.24, 2.45) is 5.84 Å². The van der Waals surface area contributed by atoms with Crippen LogP contribution in [0, 0.1) is 17.5 Å². The topological polar surface area (TPSA) is 50.9 Å². The van der Waals surface area contributed by atoms with Crippen molar-refractivity contribution in [1.29, 1.82) is 0 Å². The van der Waals surface area contributed by atoms with Crippen LogP contribution in [0.15, 0.2) is 36.5 Å². The molecule has 1 unspecified atom stereocenters. The highest BCUT2D eigenvalue weighted by Gasteiger charge is 2.19. The van der Waals surface area contributed by atoms with E-state index in [0.29, 0.717) is 0 Å². The van der Waals surface area contributed by atoms with Crippen molar-refractivity contribution in [3.63, 3.8) is 0 Å². The summed E-state index contributed by atoms with van der Waals surface area (Å²) < 4.78 is 39.8. The van der Waals surface area contributed by atoms with E-state index in [9.17, 15) is 13.2 Å². The van der Waals surface area contributed by atoms with Gasteiger partial charge in [-0.1, -0.05) is 0 Å². The minimum Gasteiger partial charge on any atom is -0.271 e. The number of hydrogen-bond donors (Lipinski definition) is 2. The molecule has 6 heteroatoms. The molecule has 1 aromatic heterocycles. The van der Waals surface area contributed by atoms with Gasteiger partial charge < -0.3 is 0 Å². The van der Waals surface area contributed by atoms with E-state index in [-0.39, 0.29) is 11.3 Å². The molecule has 18 heavy (non-hydrogen) atoms. The normalized spacial score (nSPS) is 12.4. The molecule has 0 bridgehead atoms. The van der Waals surface area contributed by atoms with Gasteiger partial charge in [0.15, 0.2) is 0 Å². The third-order valence-corrected chi connectivity index (χ3v) is 2.45. The van der Waals surface area contributed by atoms with Crippen LogP contribution in [0.1, 0.15) is 17.3 Å². The van der Waals surface area contributed by atoms with Crippen LogP contribution in [-0.2, 0) is 0 Å². The molecule has 0 radical (unpaired) electrons. The number of halogens is 3. The van der Waals surface area contributed by atoms with Crippen molar-refractivity contribution in [3.05, 3.63) is 65.2 Å². The van der Waals surface area contributed by atoms with Gasteiger partial charge in [-0.15, -0.1) is 0 Å². The average molecular weight is 253 g/mol. The summed E-state index contributed by atoms with van der Waals surface area (Å²) in [5.74, 6) is 3.17. The second-order valence-electron chi connectivity index (χ2n) is 3.67. The largest absolute Gasteiger partial charge is 0.271 e. The summed E-state index contributed by atoms with van der Waals surface area (Å²) in [4.78, 5) is 3.82. The quantitative estimate of drug-likeness (QED) is 0.650. The fourth-order valence-electron chi connectivity index (χ4n) is 1.69. The van der Waals surface area contributed by atoms with Gasteiger partial charge in [-0.25, -0.2) is 18.6 Å². The van der Waals surface area contributed by atoms with Gasteiger partial charge in [0.05, 0.1) is 11.7 Å². The summed E-state index contributed by atoms with van der Waals surface area (Å²) >= 11 is 0. The van der Waals surface area contributed by atoms with E-state index in [1.54, 1.807) is 0 Å². The lowest BCUT2D eigenvalue weighted by molar-refractivity contribution is 0.531. The summed E-state index contributed by atoms with van der Waals surface area (Å²) in [6, 6.07) is 4.56. The lowest BCUT2D eigenvalue weighted by Crippen LogP contribution is -2.30. The second kappa shape index (κ2) is 5.16. The number of nitrogens with zero attached hydrogens (tertiary/aromatic N) is 1. The van der Waals surface area contributed by atoms with Crippen LogP contribution in [0.25, 0.3) is 0 Å². The maximum atomic E-state index is 13.6. The van der Waals surface area contributed by atoms with E-state index in [1.807, 2.05) is 0 Å². The first kappa shape index (κ1) is 12.5. The number of hydrazine groups is 1. The third-order valence-electron chi connectivity index (χ3n) is 2.45. The standard InChI is InChI=1S/C12H10F3N3/c13-8-4-7(5-9(14)6-8)11(18-16)12-10(15)2-1-3-17-12/h1-6,11,18H,16H2. The fraction of sp³-hybridized carbons (Fsp3) is 0.0833. The van der Waals surface area contributed by atoms with Crippen molar-refractivity contribution >= 4 is 0 Å². The molecule has 94 valence electrons. The Labute approximate surface area is 101 Å². The summed E-state index contributed by atoms with van der Waals surface area (Å²) in [7, 11) is 0. The van der Waals surface area contributed by atoms with Gasteiger partial charge in [0, 0.05) is 12.3 Å². The fourth-order valence-corrected chi connectivity index (χ4v) is 1.69. The summed E-state index contributed by atoms with van der Waals surface area (Å²) in [6.07, 6.45) is 1.37. The molecule has 1 aromatic carbocycles. The second-order valence-corrected chi connectivity index (χ2v) is 3.67. The lowest BCUT2D eigenvalue weighted by atomic mass is 10.0. The van der Waals surface area contributed by atoms with Gasteiger partial charge in [-0.3, -0.25) is 10.8 Å². The minimum atomic E-state index is -0.920. The lowest BCUT2D eigenvalue weighted by Gasteiger charge is -2.16. The first-order chi connectivity index (χ1) is 8.61. The van der Waals surface area contributed by atoms with Crippen molar-refractivity contribution in [3.8, 4) is 0 Å². The van der Waals surface area contributed by atoms with Gasteiger partial charge in [0.1, 0.15) is 17.5 Å². The molecule has 0 aliphatic rings. The Morgan fingerprint density at radius 3 is 2.33 bits per heavy atom. The molecule has 3 N–H and O–H groups in total. The Balaban J connectivity index is 2.48. The van der Waals surface area contributed by atoms with Crippen LogP contribution in [0.4, 0.5) is 13.2 Å². The molecule has 3 nitrogen and oxygen atoms in total. The number of rotatable bonds is 3. The van der Waals surface area contributed by atoms with E-state index in [1.165, 1.54) is 18.3 Å². The molecule has 1 atom stereocenters. The van der Waals surface area contributed by atoms with Gasteiger partial charge in [-0.2, -0.15) is 0 Å². The Bertz CT molecular complexity index is 540. The van der Waals surface area contributed by atoms with Crippen LogP contribution in [0.2, 0.25) is 0 Å². The van der Waals surface area contributed by atoms with E-state index < -0.39 is 23.5 Å². The molecule has 0 saturated heterocycles. The molecule has 0 fully saturated rings. The molecule has 0 spiro atoms.